The predicted octanol–water partition coefficient (Wildman–Crippen LogP) is 7.55. The maximum atomic E-state index is 13.7. The fourth-order valence-corrected chi connectivity index (χ4v) is 7.15. The highest BCUT2D eigenvalue weighted by atomic mass is 16.8. The molecule has 0 amide bonds. The van der Waals surface area contributed by atoms with Crippen molar-refractivity contribution >= 4 is 66.0 Å². The maximum absolute atomic E-state index is 13.7. The molecule has 0 saturated heterocycles. The minimum Gasteiger partial charge on any atom is -0.733 e. The highest BCUT2D eigenvalue weighted by Gasteiger charge is 2.31. The van der Waals surface area contributed by atoms with Crippen LogP contribution in [-0.4, -0.2) is 22.0 Å². The molecule has 0 unspecified atom stereocenters. The number of hydrogen-bond acceptors (Lipinski definition) is 8. The minimum atomic E-state index is -0.245. The quantitative estimate of drug-likeness (QED) is 0.129. The van der Waals surface area contributed by atoms with Gasteiger partial charge in [0.05, 0.1) is 11.4 Å². The lowest BCUT2D eigenvalue weighted by atomic mass is 9.76. The van der Waals surface area contributed by atoms with Crippen molar-refractivity contribution in [3.63, 3.8) is 0 Å². The summed E-state index contributed by atoms with van der Waals surface area (Å²) in [5.41, 5.74) is 4.85. The van der Waals surface area contributed by atoms with Gasteiger partial charge >= 0.3 is 0 Å². The van der Waals surface area contributed by atoms with Crippen molar-refractivity contribution < 1.29 is 20.0 Å². The first-order valence-corrected chi connectivity index (χ1v) is 13.2. The Labute approximate surface area is 236 Å². The van der Waals surface area contributed by atoms with Crippen LogP contribution in [0.5, 0.6) is 0 Å². The molecule has 0 bridgehead atoms. The Bertz CT molecular complexity index is 2220. The molecule has 0 atom stereocenters. The van der Waals surface area contributed by atoms with Crippen molar-refractivity contribution in [1.29, 1.82) is 0 Å². The highest BCUT2D eigenvalue weighted by molar-refractivity contribution is 6.41. The Morgan fingerprint density at radius 3 is 1.10 bits per heavy atom. The van der Waals surface area contributed by atoms with E-state index in [9.17, 15) is 30.4 Å². The van der Waals surface area contributed by atoms with Gasteiger partial charge in [0, 0.05) is 33.0 Å². The summed E-state index contributed by atoms with van der Waals surface area (Å²) >= 11 is 0. The molecule has 8 nitrogen and oxygen atoms in total. The molecule has 0 saturated carbocycles. The van der Waals surface area contributed by atoms with E-state index in [1.54, 1.807) is 12.1 Å². The lowest BCUT2D eigenvalue weighted by molar-refractivity contribution is 0.103. The fourth-order valence-electron chi connectivity index (χ4n) is 7.15. The van der Waals surface area contributed by atoms with Crippen LogP contribution in [0.3, 0.4) is 0 Å². The molecule has 7 aromatic carbocycles. The van der Waals surface area contributed by atoms with Crippen LogP contribution >= 0.6 is 0 Å². The number of benzene rings is 7. The summed E-state index contributed by atoms with van der Waals surface area (Å²) in [5, 5.41) is 48.8. The fraction of sp³-hybridized carbons (Fsp3) is 0. The zero-order valence-corrected chi connectivity index (χ0v) is 21.5. The topological polar surface area (TPSA) is 127 Å². The molecule has 2 aliphatic rings. The summed E-state index contributed by atoms with van der Waals surface area (Å²) in [4.78, 5) is 27.4. The Hall–Kier alpha value is -5.38. The number of fused-ring (bicyclic) bond motifs is 6. The molecule has 2 N–H and O–H groups in total. The van der Waals surface area contributed by atoms with Crippen LogP contribution in [0.1, 0.15) is 31.8 Å². The molecule has 8 heteroatoms. The molecule has 0 heterocycles. The Morgan fingerprint density at radius 1 is 0.405 bits per heavy atom. The molecule has 0 fully saturated rings. The first-order chi connectivity index (χ1) is 20.3. The normalized spacial score (nSPS) is 13.3. The minimum absolute atomic E-state index is 0.0149. The number of carbonyl (C=O) groups excluding carboxylic acids is 2. The van der Waals surface area contributed by atoms with Crippen molar-refractivity contribution in [2.24, 2.45) is 0 Å². The van der Waals surface area contributed by atoms with Crippen LogP contribution in [0.4, 0.5) is 11.4 Å². The van der Waals surface area contributed by atoms with Crippen LogP contribution in [0.2, 0.25) is 0 Å². The number of rotatable bonds is 2. The van der Waals surface area contributed by atoms with Crippen LogP contribution in [-0.2, 0) is 0 Å². The monoisotopic (exact) mass is 548 g/mol. The van der Waals surface area contributed by atoms with Gasteiger partial charge < -0.3 is 20.9 Å². The second-order valence-corrected chi connectivity index (χ2v) is 10.8. The van der Waals surface area contributed by atoms with E-state index >= 15 is 0 Å². The first kappa shape index (κ1) is 23.3. The highest BCUT2D eigenvalue weighted by Crippen LogP contribution is 2.50. The van der Waals surface area contributed by atoms with Gasteiger partial charge in [0.15, 0.2) is 11.6 Å². The summed E-state index contributed by atoms with van der Waals surface area (Å²) < 4.78 is 0. The smallest absolute Gasteiger partial charge is 0.194 e. The van der Waals surface area contributed by atoms with Crippen molar-refractivity contribution in [3.05, 3.63) is 118 Å². The number of nitrogens with zero attached hydrogens (tertiary/aromatic N) is 2. The van der Waals surface area contributed by atoms with Crippen molar-refractivity contribution in [1.82, 2.24) is 0 Å². The van der Waals surface area contributed by atoms with Crippen LogP contribution < -0.4 is 10.5 Å². The zero-order valence-electron chi connectivity index (χ0n) is 21.5. The summed E-state index contributed by atoms with van der Waals surface area (Å²) in [5.74, 6) is -0.441. The largest absolute Gasteiger partial charge is 0.733 e. The molecular formula is C34H16N2O6-2. The van der Waals surface area contributed by atoms with Gasteiger partial charge in [-0.15, -0.1) is 0 Å². The van der Waals surface area contributed by atoms with E-state index < -0.39 is 0 Å². The number of carbonyl (C=O) groups is 2. The van der Waals surface area contributed by atoms with E-state index in [0.717, 1.165) is 54.2 Å². The van der Waals surface area contributed by atoms with Crippen LogP contribution in [0.15, 0.2) is 84.9 Å². The number of anilines is 2. The van der Waals surface area contributed by atoms with Crippen molar-refractivity contribution in [3.8, 4) is 22.3 Å². The Balaban J connectivity index is 1.40. The van der Waals surface area contributed by atoms with E-state index in [2.05, 4.69) is 0 Å². The van der Waals surface area contributed by atoms with E-state index in [1.165, 1.54) is 24.3 Å². The molecular weight excluding hydrogens is 532 g/mol. The standard InChI is InChI=1S/C34H16N2O6/c37-33-25-11-9-23-24-10-12-26-32-20(18-4-2-16(36(41)42)14-28(18)34(26)38)6-8-22(30(24)32)21-7-5-19(31(25)29(21)23)17-3-1-15(35(39)40)13-27(17)33/h1-14,39,41H/q-2. The third-order valence-electron chi connectivity index (χ3n) is 8.91. The molecule has 200 valence electrons. The maximum Gasteiger partial charge on any atom is 0.194 e. The van der Waals surface area contributed by atoms with Crippen molar-refractivity contribution in [2.45, 2.75) is 0 Å². The molecule has 0 aliphatic heterocycles. The van der Waals surface area contributed by atoms with Gasteiger partial charge in [-0.05, 0) is 91.0 Å². The van der Waals surface area contributed by atoms with Crippen LogP contribution in [0, 0.1) is 10.4 Å². The third-order valence-corrected chi connectivity index (χ3v) is 8.91. The third kappa shape index (κ3) is 2.69. The van der Waals surface area contributed by atoms with E-state index in [0.29, 0.717) is 33.4 Å². The average Bonchev–Trinajstić information content (AvgIpc) is 3.01. The Morgan fingerprint density at radius 2 is 0.738 bits per heavy atom. The summed E-state index contributed by atoms with van der Waals surface area (Å²) in [7, 11) is 0. The molecule has 9 rings (SSSR count). The van der Waals surface area contributed by atoms with Gasteiger partial charge in [-0.1, -0.05) is 48.5 Å². The number of ketones is 2. The van der Waals surface area contributed by atoms with Gasteiger partial charge in [0.25, 0.3) is 0 Å². The van der Waals surface area contributed by atoms with Gasteiger partial charge in [0.1, 0.15) is 0 Å². The summed E-state index contributed by atoms with van der Waals surface area (Å²) in [6.07, 6.45) is 0. The molecule has 7 aromatic rings. The lowest BCUT2D eigenvalue weighted by Gasteiger charge is -2.27. The van der Waals surface area contributed by atoms with E-state index in [1.807, 2.05) is 48.5 Å². The van der Waals surface area contributed by atoms with Gasteiger partial charge in [0.2, 0.25) is 0 Å². The van der Waals surface area contributed by atoms with Gasteiger partial charge in [-0.25, -0.2) is 0 Å². The number of hydrogen-bond donors (Lipinski definition) is 2. The lowest BCUT2D eigenvalue weighted by Crippen LogP contribution is -2.14. The van der Waals surface area contributed by atoms with E-state index in [-0.39, 0.29) is 33.4 Å². The summed E-state index contributed by atoms with van der Waals surface area (Å²) in [6, 6.07) is 24.7. The SMILES string of the molecule is O=C1c2cc(N([O-])O)ccc2-c2ccc3c4ccc5c6c(ccc(c7ccc1c2c73)c64)C(=O)c1cc(N([O-])O)ccc1-5. The predicted molar refractivity (Wildman–Crippen MR) is 161 cm³/mol. The molecule has 42 heavy (non-hydrogen) atoms. The molecule has 0 radical (unpaired) electrons. The van der Waals surface area contributed by atoms with E-state index in [4.69, 9.17) is 0 Å². The zero-order chi connectivity index (χ0) is 28.6. The average molecular weight is 549 g/mol. The summed E-state index contributed by atoms with van der Waals surface area (Å²) in [6.45, 7) is 0. The second-order valence-electron chi connectivity index (χ2n) is 10.8. The molecule has 2 aliphatic carbocycles. The van der Waals surface area contributed by atoms with Gasteiger partial charge in [-0.3, -0.25) is 20.0 Å². The van der Waals surface area contributed by atoms with Crippen molar-refractivity contribution in [2.75, 3.05) is 10.5 Å². The second kappa shape index (κ2) is 7.67. The molecule has 0 aromatic heterocycles. The Kier molecular flexibility index (Phi) is 4.26. The molecule has 0 spiro atoms. The van der Waals surface area contributed by atoms with Gasteiger partial charge in [-0.2, -0.15) is 0 Å². The first-order valence-electron chi connectivity index (χ1n) is 13.2. The van der Waals surface area contributed by atoms with Crippen LogP contribution in [0.25, 0.3) is 65.3 Å².